The molecule has 0 spiro atoms. The normalized spacial score (nSPS) is 21.3. The van der Waals surface area contributed by atoms with Gasteiger partial charge in [-0.2, -0.15) is 0 Å². The Morgan fingerprint density at radius 2 is 1.74 bits per heavy atom. The first-order valence-corrected chi connectivity index (χ1v) is 8.85. The van der Waals surface area contributed by atoms with Gasteiger partial charge in [-0.25, -0.2) is 0 Å². The molecule has 3 rings (SSSR count). The zero-order valence-electron chi connectivity index (χ0n) is 14.2. The molecule has 0 radical (unpaired) electrons. The quantitative estimate of drug-likeness (QED) is 0.857. The number of carbonyl (C=O) groups excluding carboxylic acids is 2. The average molecular weight is 314 g/mol. The van der Waals surface area contributed by atoms with Crippen LogP contribution in [0, 0.1) is 5.92 Å². The molecule has 0 bridgehead atoms. The maximum absolute atomic E-state index is 12.6. The molecule has 2 aliphatic heterocycles. The van der Waals surface area contributed by atoms with Crippen molar-refractivity contribution in [3.05, 3.63) is 29.3 Å². The first-order valence-electron chi connectivity index (χ1n) is 8.85. The van der Waals surface area contributed by atoms with Gasteiger partial charge in [-0.05, 0) is 36.8 Å². The predicted octanol–water partition coefficient (Wildman–Crippen LogP) is 2.79. The lowest BCUT2D eigenvalue weighted by Crippen LogP contribution is -2.35. The van der Waals surface area contributed by atoms with E-state index in [1.54, 1.807) is 0 Å². The van der Waals surface area contributed by atoms with E-state index in [1.807, 2.05) is 9.80 Å². The number of rotatable bonds is 4. The summed E-state index contributed by atoms with van der Waals surface area (Å²) in [5.74, 6) is 0.0961. The van der Waals surface area contributed by atoms with Crippen molar-refractivity contribution < 1.29 is 9.59 Å². The summed E-state index contributed by atoms with van der Waals surface area (Å²) in [5, 5.41) is 0. The number of carbonyl (C=O) groups is 2. The van der Waals surface area contributed by atoms with E-state index in [2.05, 4.69) is 32.0 Å². The van der Waals surface area contributed by atoms with E-state index < -0.39 is 0 Å². The Labute approximate surface area is 138 Å². The molecular weight excluding hydrogens is 288 g/mol. The third kappa shape index (κ3) is 2.99. The minimum Gasteiger partial charge on any atom is -0.342 e. The summed E-state index contributed by atoms with van der Waals surface area (Å²) < 4.78 is 0. The molecule has 0 saturated carbocycles. The highest BCUT2D eigenvalue weighted by atomic mass is 16.2. The van der Waals surface area contributed by atoms with Crippen LogP contribution in [0.15, 0.2) is 18.2 Å². The van der Waals surface area contributed by atoms with Gasteiger partial charge in [-0.15, -0.1) is 0 Å². The number of nitrogens with zero attached hydrogens (tertiary/aromatic N) is 2. The molecule has 2 fully saturated rings. The van der Waals surface area contributed by atoms with Crippen LogP contribution in [-0.4, -0.2) is 36.3 Å². The standard InChI is InChI=1S/C19H26N2O2/c1-3-14-8-7-9-15(4-2)18(14)21-13-16(12-17(21)22)19(23)20-10-5-6-11-20/h7-9,16H,3-6,10-13H2,1-2H3. The molecule has 4 heteroatoms. The number of anilines is 1. The lowest BCUT2D eigenvalue weighted by molar-refractivity contribution is -0.134. The summed E-state index contributed by atoms with van der Waals surface area (Å²) >= 11 is 0. The summed E-state index contributed by atoms with van der Waals surface area (Å²) in [6.07, 6.45) is 4.34. The summed E-state index contributed by atoms with van der Waals surface area (Å²) in [4.78, 5) is 29.0. The van der Waals surface area contributed by atoms with Crippen molar-refractivity contribution in [2.75, 3.05) is 24.5 Å². The molecule has 1 aromatic rings. The number of likely N-dealkylation sites (tertiary alicyclic amines) is 1. The van der Waals surface area contributed by atoms with Gasteiger partial charge >= 0.3 is 0 Å². The largest absolute Gasteiger partial charge is 0.342 e. The van der Waals surface area contributed by atoms with Crippen molar-refractivity contribution in [1.29, 1.82) is 0 Å². The van der Waals surface area contributed by atoms with Crippen molar-refractivity contribution in [2.24, 2.45) is 5.92 Å². The number of benzene rings is 1. The van der Waals surface area contributed by atoms with Crippen molar-refractivity contribution >= 4 is 17.5 Å². The van der Waals surface area contributed by atoms with E-state index in [-0.39, 0.29) is 17.7 Å². The van der Waals surface area contributed by atoms with Crippen molar-refractivity contribution in [2.45, 2.75) is 46.0 Å². The van der Waals surface area contributed by atoms with Gasteiger partial charge in [0.2, 0.25) is 11.8 Å². The van der Waals surface area contributed by atoms with Crippen LogP contribution in [0.25, 0.3) is 0 Å². The highest BCUT2D eigenvalue weighted by Gasteiger charge is 2.38. The second kappa shape index (κ2) is 6.73. The predicted molar refractivity (Wildman–Crippen MR) is 91.5 cm³/mol. The molecule has 2 saturated heterocycles. The van der Waals surface area contributed by atoms with E-state index in [0.717, 1.165) is 44.5 Å². The molecule has 2 heterocycles. The van der Waals surface area contributed by atoms with Gasteiger partial charge in [0.05, 0.1) is 5.92 Å². The summed E-state index contributed by atoms with van der Waals surface area (Å²) in [6.45, 7) is 6.49. The lowest BCUT2D eigenvalue weighted by atomic mass is 10.0. The molecule has 4 nitrogen and oxygen atoms in total. The smallest absolute Gasteiger partial charge is 0.228 e. The van der Waals surface area contributed by atoms with Crippen LogP contribution in [0.2, 0.25) is 0 Å². The molecule has 2 aliphatic rings. The molecule has 1 aromatic carbocycles. The van der Waals surface area contributed by atoms with Crippen LogP contribution in [0.3, 0.4) is 0 Å². The minimum atomic E-state index is -0.171. The highest BCUT2D eigenvalue weighted by molar-refractivity contribution is 6.01. The second-order valence-corrected chi connectivity index (χ2v) is 6.57. The van der Waals surface area contributed by atoms with E-state index in [1.165, 1.54) is 11.1 Å². The third-order valence-electron chi connectivity index (χ3n) is 5.13. The monoisotopic (exact) mass is 314 g/mol. The van der Waals surface area contributed by atoms with Crippen LogP contribution in [0.5, 0.6) is 0 Å². The second-order valence-electron chi connectivity index (χ2n) is 6.57. The molecule has 23 heavy (non-hydrogen) atoms. The van der Waals surface area contributed by atoms with Crippen LogP contribution >= 0.6 is 0 Å². The van der Waals surface area contributed by atoms with Gasteiger partial charge in [0.15, 0.2) is 0 Å². The fourth-order valence-corrected chi connectivity index (χ4v) is 3.85. The zero-order chi connectivity index (χ0) is 16.4. The van der Waals surface area contributed by atoms with Gasteiger partial charge in [-0.3, -0.25) is 9.59 Å². The Hall–Kier alpha value is -1.84. The summed E-state index contributed by atoms with van der Waals surface area (Å²) in [5.41, 5.74) is 3.46. The molecular formula is C19H26N2O2. The number of hydrogen-bond donors (Lipinski definition) is 0. The van der Waals surface area contributed by atoms with Crippen LogP contribution < -0.4 is 4.90 Å². The van der Waals surface area contributed by atoms with Gasteiger partial charge in [0.1, 0.15) is 0 Å². The SMILES string of the molecule is CCc1cccc(CC)c1N1CC(C(=O)N2CCCC2)CC1=O. The number of hydrogen-bond acceptors (Lipinski definition) is 2. The molecule has 124 valence electrons. The summed E-state index contributed by atoms with van der Waals surface area (Å²) in [6, 6.07) is 6.25. The molecule has 0 N–H and O–H groups in total. The first-order chi connectivity index (χ1) is 11.2. The van der Waals surface area contributed by atoms with E-state index in [0.29, 0.717) is 13.0 Å². The fraction of sp³-hybridized carbons (Fsp3) is 0.579. The van der Waals surface area contributed by atoms with Gasteiger partial charge in [0, 0.05) is 31.7 Å². The van der Waals surface area contributed by atoms with E-state index in [4.69, 9.17) is 0 Å². The van der Waals surface area contributed by atoms with Crippen molar-refractivity contribution in [1.82, 2.24) is 4.90 Å². The first kappa shape index (κ1) is 16.0. The third-order valence-corrected chi connectivity index (χ3v) is 5.13. The van der Waals surface area contributed by atoms with Gasteiger partial charge in [-0.1, -0.05) is 32.0 Å². The molecule has 0 aromatic heterocycles. The average Bonchev–Trinajstić information content (AvgIpc) is 3.23. The Kier molecular flexibility index (Phi) is 4.69. The van der Waals surface area contributed by atoms with Gasteiger partial charge in [0.25, 0.3) is 0 Å². The number of amides is 2. The number of para-hydroxylation sites is 1. The van der Waals surface area contributed by atoms with Gasteiger partial charge < -0.3 is 9.80 Å². The molecule has 0 aliphatic carbocycles. The molecule has 1 atom stereocenters. The highest BCUT2D eigenvalue weighted by Crippen LogP contribution is 2.33. The zero-order valence-corrected chi connectivity index (χ0v) is 14.2. The topological polar surface area (TPSA) is 40.6 Å². The van der Waals surface area contributed by atoms with E-state index >= 15 is 0 Å². The maximum atomic E-state index is 12.6. The lowest BCUT2D eigenvalue weighted by Gasteiger charge is -2.24. The maximum Gasteiger partial charge on any atom is 0.228 e. The fourth-order valence-electron chi connectivity index (χ4n) is 3.85. The van der Waals surface area contributed by atoms with Crippen molar-refractivity contribution in [3.63, 3.8) is 0 Å². The number of aryl methyl sites for hydroxylation is 2. The van der Waals surface area contributed by atoms with Crippen LogP contribution in [0.4, 0.5) is 5.69 Å². The van der Waals surface area contributed by atoms with Crippen LogP contribution in [-0.2, 0) is 22.4 Å². The molecule has 1 unspecified atom stereocenters. The Balaban J connectivity index is 1.84. The Bertz CT molecular complexity index is 583. The Morgan fingerprint density at radius 1 is 1.13 bits per heavy atom. The minimum absolute atomic E-state index is 0.0955. The summed E-state index contributed by atoms with van der Waals surface area (Å²) in [7, 11) is 0. The van der Waals surface area contributed by atoms with E-state index in [9.17, 15) is 9.59 Å². The van der Waals surface area contributed by atoms with Crippen molar-refractivity contribution in [3.8, 4) is 0 Å². The Morgan fingerprint density at radius 3 is 2.30 bits per heavy atom. The van der Waals surface area contributed by atoms with Crippen LogP contribution in [0.1, 0.15) is 44.2 Å². The molecule has 2 amide bonds.